The first kappa shape index (κ1) is 32.9. The molecule has 2 N–H and O–H groups in total. The molecular weight excluding hydrogens is 558 g/mol. The van der Waals surface area contributed by atoms with E-state index < -0.39 is 34.0 Å². The van der Waals surface area contributed by atoms with Gasteiger partial charge in [0.15, 0.2) is 21.4 Å². The quantitative estimate of drug-likeness (QED) is 0.164. The fourth-order valence-corrected chi connectivity index (χ4v) is 6.77. The van der Waals surface area contributed by atoms with Gasteiger partial charge in [0.1, 0.15) is 5.75 Å². The Hall–Kier alpha value is -2.59. The number of phenolic OH excluding ortho intramolecular Hbond substituents is 2. The zero-order valence-electron chi connectivity index (χ0n) is 23.6. The van der Waals surface area contributed by atoms with Crippen LogP contribution in [0.1, 0.15) is 80.9 Å². The van der Waals surface area contributed by atoms with Gasteiger partial charge in [0, 0.05) is 0 Å². The van der Waals surface area contributed by atoms with Crippen LogP contribution < -0.4 is 0 Å². The van der Waals surface area contributed by atoms with Gasteiger partial charge in [-0.3, -0.25) is 0 Å². The van der Waals surface area contributed by atoms with Gasteiger partial charge >= 0.3 is 6.18 Å². The molecule has 10 heteroatoms. The number of alkyl halides is 3. The predicted octanol–water partition coefficient (Wildman–Crippen LogP) is 7.51. The van der Waals surface area contributed by atoms with Crippen molar-refractivity contribution in [3.63, 3.8) is 0 Å². The fourth-order valence-electron chi connectivity index (χ4n) is 5.38. The molecule has 0 amide bonds. The van der Waals surface area contributed by atoms with Gasteiger partial charge in [-0.25, -0.2) is 12.8 Å². The topological polar surface area (TPSA) is 77.8 Å². The largest absolute Gasteiger partial charge is 0.508 e. The van der Waals surface area contributed by atoms with Crippen LogP contribution in [-0.4, -0.2) is 61.3 Å². The lowest BCUT2D eigenvalue weighted by Crippen LogP contribution is -2.22. The summed E-state index contributed by atoms with van der Waals surface area (Å²) < 4.78 is 74.1. The molecule has 0 aliphatic heterocycles. The summed E-state index contributed by atoms with van der Waals surface area (Å²) >= 11 is 0. The van der Waals surface area contributed by atoms with Crippen LogP contribution in [0.3, 0.4) is 0 Å². The molecule has 0 atom stereocenters. The number of aromatic hydroxyl groups is 2. The van der Waals surface area contributed by atoms with Crippen LogP contribution in [0, 0.1) is 5.82 Å². The average molecular weight is 600 g/mol. The van der Waals surface area contributed by atoms with Gasteiger partial charge in [-0.05, 0) is 124 Å². The van der Waals surface area contributed by atoms with Crippen molar-refractivity contribution in [2.75, 3.05) is 31.6 Å². The van der Waals surface area contributed by atoms with Gasteiger partial charge in [0.2, 0.25) is 0 Å². The number of aryl methyl sites for hydroxylation is 1. The first-order valence-corrected chi connectivity index (χ1v) is 16.2. The lowest BCUT2D eigenvalue weighted by molar-refractivity contribution is -0.129. The minimum absolute atomic E-state index is 0.213. The highest BCUT2D eigenvalue weighted by molar-refractivity contribution is 7.91. The molecule has 2 aromatic rings. The van der Waals surface area contributed by atoms with Crippen molar-refractivity contribution < 1.29 is 36.2 Å². The van der Waals surface area contributed by atoms with E-state index in [1.54, 1.807) is 12.1 Å². The maximum Gasteiger partial charge on any atom is 0.390 e. The number of phenols is 2. The Kier molecular flexibility index (Phi) is 12.1. The minimum atomic E-state index is -4.46. The van der Waals surface area contributed by atoms with Crippen molar-refractivity contribution in [1.29, 1.82) is 0 Å². The Labute approximate surface area is 240 Å². The molecule has 41 heavy (non-hydrogen) atoms. The molecule has 228 valence electrons. The van der Waals surface area contributed by atoms with Crippen molar-refractivity contribution in [1.82, 2.24) is 4.90 Å². The summed E-state index contributed by atoms with van der Waals surface area (Å²) in [7, 11) is -1.72. The van der Waals surface area contributed by atoms with Gasteiger partial charge in [-0.15, -0.1) is 0 Å². The lowest BCUT2D eigenvalue weighted by Gasteiger charge is -2.18. The van der Waals surface area contributed by atoms with Crippen molar-refractivity contribution in [2.45, 2.75) is 76.8 Å². The number of hydrogen-bond acceptors (Lipinski definition) is 5. The summed E-state index contributed by atoms with van der Waals surface area (Å²) in [5, 5.41) is 20.0. The van der Waals surface area contributed by atoms with Crippen LogP contribution in [0.4, 0.5) is 17.6 Å². The third-order valence-corrected chi connectivity index (χ3v) is 9.34. The Bertz CT molecular complexity index is 1290. The third-order valence-electron chi connectivity index (χ3n) is 7.60. The number of allylic oxidation sites excluding steroid dienone is 2. The lowest BCUT2D eigenvalue weighted by atomic mass is 9.89. The molecule has 3 rings (SSSR count). The summed E-state index contributed by atoms with van der Waals surface area (Å²) in [4.78, 5) is 2.12. The van der Waals surface area contributed by atoms with E-state index in [4.69, 9.17) is 0 Å². The second kappa shape index (κ2) is 15.0. The predicted molar refractivity (Wildman–Crippen MR) is 155 cm³/mol. The Morgan fingerprint density at radius 3 is 2.29 bits per heavy atom. The van der Waals surface area contributed by atoms with E-state index in [0.717, 1.165) is 80.2 Å². The van der Waals surface area contributed by atoms with Crippen LogP contribution in [0.2, 0.25) is 0 Å². The van der Waals surface area contributed by atoms with E-state index in [1.807, 2.05) is 19.2 Å². The normalized spacial score (nSPS) is 14.4. The zero-order chi connectivity index (χ0) is 30.0. The van der Waals surface area contributed by atoms with Crippen LogP contribution in [0.5, 0.6) is 11.5 Å². The van der Waals surface area contributed by atoms with E-state index in [9.17, 15) is 36.2 Å². The molecule has 0 bridgehead atoms. The van der Waals surface area contributed by atoms with Gasteiger partial charge in [0.25, 0.3) is 0 Å². The molecule has 1 aliphatic rings. The van der Waals surface area contributed by atoms with Gasteiger partial charge in [-0.1, -0.05) is 25.0 Å². The van der Waals surface area contributed by atoms with Gasteiger partial charge in [0.05, 0.1) is 17.9 Å². The molecule has 5 nitrogen and oxygen atoms in total. The molecule has 0 aromatic heterocycles. The maximum atomic E-state index is 13.7. The molecule has 0 saturated carbocycles. The number of rotatable bonds is 15. The smallest absolute Gasteiger partial charge is 0.390 e. The SMILES string of the molecule is CN(CCCCCCC1=C(c2ccc(F)c(O)c2)CCCc2cc(O)ccc21)CCCCS(=O)(=O)CCC(F)(F)F. The highest BCUT2D eigenvalue weighted by atomic mass is 32.2. The maximum absolute atomic E-state index is 13.7. The number of sulfone groups is 1. The molecule has 0 fully saturated rings. The summed E-state index contributed by atoms with van der Waals surface area (Å²) in [6, 6.07) is 9.95. The number of nitrogens with zero attached hydrogens (tertiary/aromatic N) is 1. The van der Waals surface area contributed by atoms with E-state index in [-0.39, 0.29) is 17.3 Å². The summed E-state index contributed by atoms with van der Waals surface area (Å²) in [5.41, 5.74) is 5.28. The number of unbranched alkanes of at least 4 members (excludes halogenated alkanes) is 4. The Morgan fingerprint density at radius 2 is 1.59 bits per heavy atom. The number of hydrogen-bond donors (Lipinski definition) is 2. The number of benzene rings is 2. The molecule has 0 heterocycles. The second-order valence-electron chi connectivity index (χ2n) is 11.0. The molecule has 0 radical (unpaired) electrons. The molecular formula is C31H41F4NO4S. The van der Waals surface area contributed by atoms with E-state index in [1.165, 1.54) is 17.7 Å². The molecule has 0 spiro atoms. The third kappa shape index (κ3) is 11.0. The monoisotopic (exact) mass is 599 g/mol. The number of halogens is 4. The van der Waals surface area contributed by atoms with Crippen molar-refractivity contribution >= 4 is 21.0 Å². The molecule has 0 unspecified atom stereocenters. The van der Waals surface area contributed by atoms with Crippen molar-refractivity contribution in [3.05, 3.63) is 58.9 Å². The first-order valence-electron chi connectivity index (χ1n) is 14.3. The summed E-state index contributed by atoms with van der Waals surface area (Å²) in [6.45, 7) is 1.55. The van der Waals surface area contributed by atoms with Gasteiger partial charge < -0.3 is 15.1 Å². The highest BCUT2D eigenvalue weighted by Crippen LogP contribution is 2.40. The molecule has 2 aromatic carbocycles. The van der Waals surface area contributed by atoms with Crippen molar-refractivity contribution in [2.24, 2.45) is 0 Å². The minimum Gasteiger partial charge on any atom is -0.508 e. The van der Waals surface area contributed by atoms with E-state index in [2.05, 4.69) is 4.90 Å². The van der Waals surface area contributed by atoms with E-state index >= 15 is 0 Å². The fraction of sp³-hybridized carbons (Fsp3) is 0.548. The zero-order valence-corrected chi connectivity index (χ0v) is 24.5. The van der Waals surface area contributed by atoms with E-state index in [0.29, 0.717) is 19.4 Å². The van der Waals surface area contributed by atoms with Crippen LogP contribution in [-0.2, 0) is 16.3 Å². The molecule has 0 saturated heterocycles. The van der Waals surface area contributed by atoms with Crippen molar-refractivity contribution in [3.8, 4) is 11.5 Å². The Morgan fingerprint density at radius 1 is 0.878 bits per heavy atom. The van der Waals surface area contributed by atoms with Crippen LogP contribution in [0.15, 0.2) is 36.4 Å². The first-order chi connectivity index (χ1) is 19.3. The van der Waals surface area contributed by atoms with Gasteiger partial charge in [-0.2, -0.15) is 13.2 Å². The van der Waals surface area contributed by atoms with Crippen LogP contribution >= 0.6 is 0 Å². The highest BCUT2D eigenvalue weighted by Gasteiger charge is 2.29. The summed E-state index contributed by atoms with van der Waals surface area (Å²) in [5.74, 6) is -1.83. The molecule has 1 aliphatic carbocycles. The Balaban J connectivity index is 1.47. The standard InChI is InChI=1S/C31H41F4NO4S/c1-36(18-6-7-19-41(39,40)20-16-31(33,34)35)17-5-3-2-4-10-28-26(24-12-15-29(32)30(38)22-24)11-8-9-23-21-25(37)13-14-27(23)28/h12-15,21-22,37-38H,2-11,16-20H2,1H3. The van der Waals surface area contributed by atoms with Crippen LogP contribution in [0.25, 0.3) is 11.1 Å². The summed E-state index contributed by atoms with van der Waals surface area (Å²) in [6.07, 6.45) is 2.50. The average Bonchev–Trinajstić information content (AvgIpc) is 3.07. The second-order valence-corrected chi connectivity index (χ2v) is 13.3. The number of fused-ring (bicyclic) bond motifs is 1.